The highest BCUT2D eigenvalue weighted by Gasteiger charge is 2.35. The van der Waals surface area contributed by atoms with Crippen LogP contribution in [-0.4, -0.2) is 28.3 Å². The van der Waals surface area contributed by atoms with Gasteiger partial charge in [-0.25, -0.2) is 9.79 Å². The van der Waals surface area contributed by atoms with Crippen molar-refractivity contribution in [3.05, 3.63) is 107 Å². The lowest BCUT2D eigenvalue weighted by Crippen LogP contribution is -2.40. The van der Waals surface area contributed by atoms with Gasteiger partial charge in [0.15, 0.2) is 4.80 Å². The molecule has 0 fully saturated rings. The van der Waals surface area contributed by atoms with E-state index in [0.717, 1.165) is 32.2 Å². The maximum Gasteiger partial charge on any atom is 0.338 e. The van der Waals surface area contributed by atoms with Crippen molar-refractivity contribution >= 4 is 50.2 Å². The number of carbonyl (C=O) groups is 1. The van der Waals surface area contributed by atoms with Gasteiger partial charge >= 0.3 is 5.97 Å². The number of fused-ring (bicyclic) bond motifs is 2. The Balaban J connectivity index is 1.82. The largest absolute Gasteiger partial charge is 0.491 e. The minimum Gasteiger partial charge on any atom is -0.491 e. The third-order valence-electron chi connectivity index (χ3n) is 7.17. The molecule has 1 atom stereocenters. The number of aryl methyl sites for hydroxylation is 1. The Labute approximate surface area is 250 Å². The summed E-state index contributed by atoms with van der Waals surface area (Å²) in [4.78, 5) is 32.6. The van der Waals surface area contributed by atoms with Gasteiger partial charge in [-0.3, -0.25) is 9.36 Å². The molecule has 41 heavy (non-hydrogen) atoms. The first-order chi connectivity index (χ1) is 19.5. The summed E-state index contributed by atoms with van der Waals surface area (Å²) in [6.07, 6.45) is 3.70. The molecule has 2 aromatic heterocycles. The van der Waals surface area contributed by atoms with Crippen LogP contribution in [0, 0.1) is 13.8 Å². The molecule has 0 saturated heterocycles. The summed E-state index contributed by atoms with van der Waals surface area (Å²) in [7, 11) is 1.33. The fourth-order valence-electron chi connectivity index (χ4n) is 5.38. The monoisotopic (exact) mass is 633 g/mol. The number of hydrogen-bond acceptors (Lipinski definition) is 6. The first kappa shape index (κ1) is 28.8. The standard InChI is InChI=1S/C32H32BrN3O4S/c1-8-13-35-20(6)22(23-14-18(4)9-11-25(23)35)16-27-30(37)36-29(24-15-21(33)10-12-26(24)40-17(2)3)28(31(38)39-7)19(5)34-32(36)41-27/h8-12,14-17,29H,1,13H2,2-7H3/b27-16-/t29-/m0/s1. The Morgan fingerprint density at radius 2 is 1.95 bits per heavy atom. The topological polar surface area (TPSA) is 74.8 Å². The summed E-state index contributed by atoms with van der Waals surface area (Å²) in [6.45, 7) is 14.3. The molecule has 0 unspecified atom stereocenters. The normalized spacial score (nSPS) is 15.3. The van der Waals surface area contributed by atoms with Crippen LogP contribution in [0.25, 0.3) is 17.0 Å². The van der Waals surface area contributed by atoms with Gasteiger partial charge in [-0.2, -0.15) is 0 Å². The third kappa shape index (κ3) is 5.13. The molecule has 0 bridgehead atoms. The van der Waals surface area contributed by atoms with Crippen LogP contribution < -0.4 is 19.6 Å². The Kier molecular flexibility index (Phi) is 7.94. The minimum absolute atomic E-state index is 0.114. The zero-order chi connectivity index (χ0) is 29.6. The number of methoxy groups -OCH3 is 1. The summed E-state index contributed by atoms with van der Waals surface area (Å²) >= 11 is 4.87. The van der Waals surface area contributed by atoms with Crippen molar-refractivity contribution in [1.29, 1.82) is 0 Å². The smallest absolute Gasteiger partial charge is 0.338 e. The van der Waals surface area contributed by atoms with Crippen molar-refractivity contribution in [1.82, 2.24) is 9.13 Å². The number of allylic oxidation sites excluding steroid dienone is 2. The molecule has 2 aromatic carbocycles. The Morgan fingerprint density at radius 3 is 2.63 bits per heavy atom. The molecular formula is C32H32BrN3O4S. The second kappa shape index (κ2) is 11.3. The molecule has 5 rings (SSSR count). The zero-order valence-corrected chi connectivity index (χ0v) is 26.4. The zero-order valence-electron chi connectivity index (χ0n) is 23.9. The van der Waals surface area contributed by atoms with E-state index in [1.807, 2.05) is 44.2 Å². The number of carbonyl (C=O) groups excluding carboxylic acids is 1. The number of thiazole rings is 1. The lowest BCUT2D eigenvalue weighted by Gasteiger charge is -2.26. The van der Waals surface area contributed by atoms with E-state index in [1.54, 1.807) is 11.5 Å². The van der Waals surface area contributed by atoms with Crippen molar-refractivity contribution in [2.24, 2.45) is 4.99 Å². The van der Waals surface area contributed by atoms with Crippen LogP contribution in [-0.2, 0) is 16.1 Å². The molecule has 4 aromatic rings. The molecule has 0 saturated carbocycles. The molecule has 0 aliphatic carbocycles. The van der Waals surface area contributed by atoms with E-state index in [1.165, 1.54) is 18.4 Å². The number of halogens is 1. The van der Waals surface area contributed by atoms with E-state index in [0.29, 0.717) is 38.5 Å². The van der Waals surface area contributed by atoms with Crippen molar-refractivity contribution in [2.45, 2.75) is 53.3 Å². The van der Waals surface area contributed by atoms with Crippen molar-refractivity contribution in [3.8, 4) is 5.75 Å². The number of benzene rings is 2. The summed E-state index contributed by atoms with van der Waals surface area (Å²) in [5.74, 6) is 0.0394. The van der Waals surface area contributed by atoms with E-state index in [9.17, 15) is 9.59 Å². The summed E-state index contributed by atoms with van der Waals surface area (Å²) < 4.78 is 16.4. The Hall–Kier alpha value is -3.69. The number of aromatic nitrogens is 2. The second-order valence-electron chi connectivity index (χ2n) is 10.3. The van der Waals surface area contributed by atoms with Crippen molar-refractivity contribution in [2.75, 3.05) is 7.11 Å². The van der Waals surface area contributed by atoms with E-state index >= 15 is 0 Å². The molecule has 0 radical (unpaired) electrons. The Bertz CT molecular complexity index is 1930. The molecule has 1 aliphatic rings. The van der Waals surface area contributed by atoms with E-state index < -0.39 is 12.0 Å². The first-order valence-corrected chi connectivity index (χ1v) is 14.9. The van der Waals surface area contributed by atoms with Crippen LogP contribution in [0.3, 0.4) is 0 Å². The third-order valence-corrected chi connectivity index (χ3v) is 8.65. The van der Waals surface area contributed by atoms with Crippen LogP contribution in [0.1, 0.15) is 49.2 Å². The molecule has 3 heterocycles. The van der Waals surface area contributed by atoms with Gasteiger partial charge < -0.3 is 14.0 Å². The molecule has 9 heteroatoms. The molecule has 0 N–H and O–H groups in total. The number of nitrogens with zero attached hydrogens (tertiary/aromatic N) is 3. The van der Waals surface area contributed by atoms with Crippen LogP contribution in [0.5, 0.6) is 5.75 Å². The van der Waals surface area contributed by atoms with E-state index in [-0.39, 0.29) is 11.7 Å². The summed E-state index contributed by atoms with van der Waals surface area (Å²) in [5.41, 5.74) is 5.46. The van der Waals surface area contributed by atoms with Crippen LogP contribution in [0.15, 0.2) is 74.6 Å². The van der Waals surface area contributed by atoms with Crippen LogP contribution in [0.2, 0.25) is 0 Å². The fraction of sp³-hybridized carbons (Fsp3) is 0.281. The van der Waals surface area contributed by atoms with Gasteiger partial charge in [-0.05, 0) is 71.0 Å². The van der Waals surface area contributed by atoms with Gasteiger partial charge in [0, 0.05) is 38.7 Å². The summed E-state index contributed by atoms with van der Waals surface area (Å²) in [5, 5.41) is 1.07. The number of esters is 1. The molecule has 7 nitrogen and oxygen atoms in total. The van der Waals surface area contributed by atoms with E-state index in [4.69, 9.17) is 14.5 Å². The van der Waals surface area contributed by atoms with Gasteiger partial charge in [0.25, 0.3) is 5.56 Å². The van der Waals surface area contributed by atoms with Gasteiger partial charge in [0.1, 0.15) is 11.8 Å². The fourth-order valence-corrected chi connectivity index (χ4v) is 6.79. The predicted octanol–water partition coefficient (Wildman–Crippen LogP) is 5.72. The molecular weight excluding hydrogens is 602 g/mol. The van der Waals surface area contributed by atoms with Crippen LogP contribution >= 0.6 is 27.3 Å². The van der Waals surface area contributed by atoms with Gasteiger partial charge in [-0.15, -0.1) is 6.58 Å². The Morgan fingerprint density at radius 1 is 1.20 bits per heavy atom. The SMILES string of the molecule is C=CCn1c(C)c(/C=c2\sc3n(c2=O)[C@@H](c2cc(Br)ccc2OC(C)C)C(C(=O)OC)=C(C)N=3)c2cc(C)ccc21. The maximum absolute atomic E-state index is 14.3. The van der Waals surface area contributed by atoms with E-state index in [2.05, 4.69) is 59.1 Å². The van der Waals surface area contributed by atoms with Gasteiger partial charge in [-0.1, -0.05) is 45.0 Å². The van der Waals surface area contributed by atoms with Gasteiger partial charge in [0.05, 0.1) is 29.0 Å². The number of ether oxygens (including phenoxy) is 2. The highest BCUT2D eigenvalue weighted by atomic mass is 79.9. The van der Waals surface area contributed by atoms with Crippen LogP contribution in [0.4, 0.5) is 0 Å². The quantitative estimate of drug-likeness (QED) is 0.193. The molecule has 212 valence electrons. The molecule has 0 amide bonds. The van der Waals surface area contributed by atoms with Crippen molar-refractivity contribution in [3.63, 3.8) is 0 Å². The minimum atomic E-state index is -0.780. The number of rotatable bonds is 7. The van der Waals surface area contributed by atoms with Gasteiger partial charge in [0.2, 0.25) is 0 Å². The van der Waals surface area contributed by atoms with Crippen molar-refractivity contribution < 1.29 is 14.3 Å². The molecule has 0 spiro atoms. The summed E-state index contributed by atoms with van der Waals surface area (Å²) in [6, 6.07) is 11.2. The maximum atomic E-state index is 14.3. The lowest BCUT2D eigenvalue weighted by atomic mass is 9.95. The average Bonchev–Trinajstić information content (AvgIpc) is 3.36. The highest BCUT2D eigenvalue weighted by molar-refractivity contribution is 9.10. The second-order valence-corrected chi connectivity index (χ2v) is 12.3. The highest BCUT2D eigenvalue weighted by Crippen LogP contribution is 2.38. The predicted molar refractivity (Wildman–Crippen MR) is 167 cm³/mol. The average molecular weight is 635 g/mol. The number of hydrogen-bond donors (Lipinski definition) is 0. The lowest BCUT2D eigenvalue weighted by molar-refractivity contribution is -0.136. The first-order valence-electron chi connectivity index (χ1n) is 13.3. The molecule has 1 aliphatic heterocycles.